The van der Waals surface area contributed by atoms with Gasteiger partial charge in [0.05, 0.1) is 0 Å². The summed E-state index contributed by atoms with van der Waals surface area (Å²) in [6, 6.07) is 0. The molecule has 0 aliphatic carbocycles. The van der Waals surface area contributed by atoms with Gasteiger partial charge in [-0.2, -0.15) is 0 Å². The third kappa shape index (κ3) is 8.59. The normalized spacial score (nSPS) is 9.50. The van der Waals surface area contributed by atoms with Gasteiger partial charge in [0, 0.05) is 206 Å². The molecule has 0 nitrogen and oxygen atoms in total. The molecular weight excluding hydrogens is 326 g/mol. The van der Waals surface area contributed by atoms with E-state index in [1.54, 1.807) is 0 Å². The molecule has 0 aliphatic rings. The second-order valence-electron chi connectivity index (χ2n) is 8.36. The fraction of sp³-hybridized carbons (Fsp3) is 1.00. The van der Waals surface area contributed by atoms with Gasteiger partial charge in [0.25, 0.3) is 0 Å². The van der Waals surface area contributed by atoms with Gasteiger partial charge in [-0.3, -0.25) is 0 Å². The molecule has 0 bridgehead atoms. The molecule has 0 aromatic carbocycles. The maximum atomic E-state index is 6.36. The number of rotatable bonds is 13. The van der Waals surface area contributed by atoms with E-state index in [2.05, 4.69) is 0 Å². The quantitative estimate of drug-likeness (QED) is 0.295. The van der Waals surface area contributed by atoms with Crippen molar-refractivity contribution >= 4 is 206 Å². The summed E-state index contributed by atoms with van der Waals surface area (Å²) in [6.07, 6.45) is -10.9. The van der Waals surface area contributed by atoms with Crippen LogP contribution in [0.4, 0.5) is 0 Å². The van der Waals surface area contributed by atoms with Crippen molar-refractivity contribution in [3.8, 4) is 0 Å². The van der Waals surface area contributed by atoms with Crippen molar-refractivity contribution in [2.75, 3.05) is 0 Å². The molecule has 0 rings (SSSR count). The van der Waals surface area contributed by atoms with Crippen molar-refractivity contribution < 1.29 is 0 Å². The van der Waals surface area contributed by atoms with Gasteiger partial charge in [-0.05, 0) is 0 Å². The van der Waals surface area contributed by atoms with Crippen molar-refractivity contribution in [2.45, 2.75) is 6.82 Å². The van der Waals surface area contributed by atoms with Crippen LogP contribution in [0.2, 0.25) is 6.82 Å². The molecule has 0 saturated carbocycles. The lowest BCUT2D eigenvalue weighted by Gasteiger charge is -2.47. The van der Waals surface area contributed by atoms with Crippen LogP contribution in [0.5, 0.6) is 0 Å². The minimum atomic E-state index is -0.961. The molecular formula is CH3B29. The lowest BCUT2D eigenvalue weighted by atomic mass is 8.35. The molecule has 0 aromatic rings. The van der Waals surface area contributed by atoms with E-state index in [1.165, 1.54) is 0 Å². The van der Waals surface area contributed by atoms with E-state index in [-0.39, 0.29) is 0 Å². The van der Waals surface area contributed by atoms with Gasteiger partial charge in [0.1, 0.15) is 0 Å². The van der Waals surface area contributed by atoms with E-state index in [1.807, 2.05) is 6.82 Å². The molecule has 0 heterocycles. The Labute approximate surface area is 211 Å². The lowest BCUT2D eigenvalue weighted by Crippen LogP contribution is -2.85. The van der Waals surface area contributed by atoms with Crippen LogP contribution in [0.25, 0.3) is 0 Å². The number of hydrogen-bond acceptors (Lipinski definition) is 0. The largest absolute Gasteiger partial charge is 0.101 e. The molecule has 0 aliphatic heterocycles. The van der Waals surface area contributed by atoms with Crippen LogP contribution in [0.15, 0.2) is 0 Å². The zero-order valence-electron chi connectivity index (χ0n) is 17.7. The fourth-order valence-corrected chi connectivity index (χ4v) is 4.74. The highest BCUT2D eigenvalue weighted by Crippen LogP contribution is 2.13. The first kappa shape index (κ1) is 31.9. The molecule has 0 spiro atoms. The highest BCUT2D eigenvalue weighted by molar-refractivity contribution is 8.22. The molecule has 30 heavy (non-hydrogen) atoms. The van der Waals surface area contributed by atoms with Gasteiger partial charge < -0.3 is 0 Å². The van der Waals surface area contributed by atoms with Crippen LogP contribution >= 0.6 is 0 Å². The van der Waals surface area contributed by atoms with Crippen LogP contribution < -0.4 is 0 Å². The van der Waals surface area contributed by atoms with E-state index < -0.39 is 89.5 Å². The minimum Gasteiger partial charge on any atom is -0.101 e. The Kier molecular flexibility index (Phi) is 15.2. The summed E-state index contributed by atoms with van der Waals surface area (Å²) >= 11 is 0. The second-order valence-corrected chi connectivity index (χ2v) is 8.36. The van der Waals surface area contributed by atoms with Crippen molar-refractivity contribution in [1.82, 2.24) is 0 Å². The molecule has 0 aromatic heterocycles. The Morgan fingerprint density at radius 1 is 0.300 bits per heavy atom. The average molecular weight is 329 g/mol. The zero-order chi connectivity index (χ0) is 24.1. The second kappa shape index (κ2) is 14.3. The monoisotopic (exact) mass is 334 g/mol. The Balaban J connectivity index is 6.74. The van der Waals surface area contributed by atoms with E-state index in [4.69, 9.17) is 116 Å². The summed E-state index contributed by atoms with van der Waals surface area (Å²) in [5, 5.41) is 0. The van der Waals surface area contributed by atoms with Gasteiger partial charge in [-0.1, -0.05) is 0 Å². The summed E-state index contributed by atoms with van der Waals surface area (Å²) in [4.78, 5) is 0. The molecule has 0 unspecified atom stereocenters. The van der Waals surface area contributed by atoms with E-state index in [0.717, 1.165) is 0 Å². The van der Waals surface area contributed by atoms with E-state index in [0.29, 0.717) is 0 Å². The predicted molar refractivity (Wildman–Crippen MR) is 173 cm³/mol. The van der Waals surface area contributed by atoms with E-state index >= 15 is 0 Å². The lowest BCUT2D eigenvalue weighted by molar-refractivity contribution is 2.32. The molecule has 29 heteroatoms. The first-order chi connectivity index (χ1) is 13.6. The minimum absolute atomic E-state index is 0.493. The van der Waals surface area contributed by atoms with Gasteiger partial charge in [0.15, 0.2) is 0 Å². The summed E-state index contributed by atoms with van der Waals surface area (Å²) in [6.45, 7) is 1.32. The molecule has 30 radical (unpaired) electrons. The SMILES string of the molecule is [B]B([B])B([B])B(B(C)B(B(B([B])[B])B([B])[B])B(B([B])[B])B([B])[B])B(B([B])[B])B([B])[B]. The Morgan fingerprint density at radius 2 is 0.533 bits per heavy atom. The number of hydrogen-bond donors (Lipinski definition) is 0. The Morgan fingerprint density at radius 3 is 0.733 bits per heavy atom. The van der Waals surface area contributed by atoms with Gasteiger partial charge in [-0.25, -0.2) is 0 Å². The highest BCUT2D eigenvalue weighted by atomic mass is 13.4. The van der Waals surface area contributed by atoms with E-state index in [9.17, 15) is 0 Å². The maximum absolute atomic E-state index is 6.36. The molecule has 0 saturated heterocycles. The summed E-state index contributed by atoms with van der Waals surface area (Å²) in [5.74, 6) is 0. The van der Waals surface area contributed by atoms with Crippen LogP contribution in [-0.4, -0.2) is 206 Å². The molecule has 0 fully saturated rings. The van der Waals surface area contributed by atoms with Gasteiger partial charge >= 0.3 is 0 Å². The maximum Gasteiger partial charge on any atom is 0.0413 e. The fourth-order valence-electron chi connectivity index (χ4n) is 4.74. The first-order valence-corrected chi connectivity index (χ1v) is 9.91. The molecule has 0 atom stereocenters. The Bertz CT molecular complexity index is 401. The zero-order valence-corrected chi connectivity index (χ0v) is 17.7. The highest BCUT2D eigenvalue weighted by Gasteiger charge is 2.50. The average Bonchev–Trinajstić information content (AvgIpc) is 2.55. The van der Waals surface area contributed by atoms with Crippen LogP contribution in [-0.2, 0) is 0 Å². The topological polar surface area (TPSA) is 0 Å². The third-order valence-corrected chi connectivity index (χ3v) is 6.10. The van der Waals surface area contributed by atoms with Gasteiger partial charge in [-0.15, -0.1) is 6.82 Å². The van der Waals surface area contributed by atoms with Crippen molar-refractivity contribution in [2.24, 2.45) is 0 Å². The Hall–Kier alpha value is 1.88. The summed E-state index contributed by atoms with van der Waals surface area (Å²) in [7, 11) is 90.3. The summed E-state index contributed by atoms with van der Waals surface area (Å²) < 4.78 is 0. The third-order valence-electron chi connectivity index (χ3n) is 6.10. The summed E-state index contributed by atoms with van der Waals surface area (Å²) in [5.41, 5.74) is 0. The molecule has 0 N–H and O–H groups in total. The molecule has 94 valence electrons. The van der Waals surface area contributed by atoms with Crippen molar-refractivity contribution in [3.63, 3.8) is 0 Å². The van der Waals surface area contributed by atoms with Crippen LogP contribution in [0.3, 0.4) is 0 Å². The smallest absolute Gasteiger partial charge is 0.0413 e. The standard InChI is InChI=1S/CH3B29/c1-17(26(25(16)18(2)3)28(19(4)5)20(6)7)27(29(21(8)9)22(10)11)30(23(12)13)24(14)15/h1H3. The van der Waals surface area contributed by atoms with Crippen LogP contribution in [0.1, 0.15) is 0 Å². The first-order valence-electron chi connectivity index (χ1n) is 9.91. The van der Waals surface area contributed by atoms with Crippen LogP contribution in [0, 0.1) is 0 Å². The van der Waals surface area contributed by atoms with Crippen molar-refractivity contribution in [1.29, 1.82) is 0 Å². The molecule has 0 amide bonds. The van der Waals surface area contributed by atoms with Gasteiger partial charge in [0.2, 0.25) is 0 Å². The van der Waals surface area contributed by atoms with Crippen molar-refractivity contribution in [3.05, 3.63) is 0 Å². The predicted octanol–water partition coefficient (Wildman–Crippen LogP) is -10.5.